The van der Waals surface area contributed by atoms with Gasteiger partial charge in [-0.1, -0.05) is 0 Å². The summed E-state index contributed by atoms with van der Waals surface area (Å²) in [6, 6.07) is 11.4. The van der Waals surface area contributed by atoms with E-state index in [0.717, 1.165) is 0 Å². The molecule has 0 aliphatic heterocycles. The lowest BCUT2D eigenvalue weighted by molar-refractivity contribution is 0.0697. The molecule has 5 nitrogen and oxygen atoms in total. The Morgan fingerprint density at radius 1 is 1.17 bits per heavy atom. The highest BCUT2D eigenvalue weighted by atomic mass is 16.4. The van der Waals surface area contributed by atoms with Crippen molar-refractivity contribution in [1.82, 2.24) is 4.98 Å². The minimum absolute atomic E-state index is 0.259. The third kappa shape index (κ3) is 4.33. The van der Waals surface area contributed by atoms with Crippen LogP contribution in [0.4, 0.5) is 5.69 Å². The predicted octanol–water partition coefficient (Wildman–Crippen LogP) is 1.92. The molecule has 0 aliphatic rings. The second kappa shape index (κ2) is 6.66. The number of carbonyl (C=O) groups is 1. The van der Waals surface area contributed by atoms with Gasteiger partial charge < -0.3 is 10.8 Å². The third-order valence-corrected chi connectivity index (χ3v) is 1.97. The Hall–Kier alpha value is -2.87. The zero-order chi connectivity index (χ0) is 13.4. The number of nitrogens with zero attached hydrogens (tertiary/aromatic N) is 2. The number of pyridine rings is 1. The first-order chi connectivity index (χ1) is 8.63. The van der Waals surface area contributed by atoms with E-state index < -0.39 is 5.97 Å². The number of nitriles is 1. The van der Waals surface area contributed by atoms with Gasteiger partial charge in [0, 0.05) is 18.1 Å². The number of carboxylic acids is 1. The number of carboxylic acid groups (broad SMARTS) is 1. The van der Waals surface area contributed by atoms with E-state index in [1.165, 1.54) is 12.1 Å². The predicted molar refractivity (Wildman–Crippen MR) is 66.8 cm³/mol. The summed E-state index contributed by atoms with van der Waals surface area (Å²) in [7, 11) is 0. The SMILES string of the molecule is N#Cc1ccncc1.Nc1ccc(C(=O)O)cc1. The quantitative estimate of drug-likeness (QED) is 0.743. The molecule has 0 fully saturated rings. The highest BCUT2D eigenvalue weighted by Gasteiger charge is 1.98. The summed E-state index contributed by atoms with van der Waals surface area (Å²) in [6.45, 7) is 0. The molecule has 0 saturated heterocycles. The Bertz CT molecular complexity index is 545. The fraction of sp³-hybridized carbons (Fsp3) is 0. The van der Waals surface area contributed by atoms with Gasteiger partial charge in [0.2, 0.25) is 0 Å². The average molecular weight is 241 g/mol. The van der Waals surface area contributed by atoms with Crippen LogP contribution in [0.1, 0.15) is 15.9 Å². The summed E-state index contributed by atoms with van der Waals surface area (Å²) in [5, 5.41) is 16.7. The van der Waals surface area contributed by atoms with Crippen LogP contribution in [0.15, 0.2) is 48.8 Å². The van der Waals surface area contributed by atoms with Crippen LogP contribution >= 0.6 is 0 Å². The second-order valence-electron chi connectivity index (χ2n) is 3.27. The maximum atomic E-state index is 10.3. The van der Waals surface area contributed by atoms with Gasteiger partial charge in [0.05, 0.1) is 17.2 Å². The van der Waals surface area contributed by atoms with Gasteiger partial charge in [0.15, 0.2) is 0 Å². The number of hydrogen-bond donors (Lipinski definition) is 2. The van der Waals surface area contributed by atoms with Crippen LogP contribution in [0.25, 0.3) is 0 Å². The number of aromatic nitrogens is 1. The molecule has 0 aliphatic carbocycles. The molecule has 0 amide bonds. The van der Waals surface area contributed by atoms with Crippen LogP contribution in [-0.4, -0.2) is 16.1 Å². The van der Waals surface area contributed by atoms with Crippen molar-refractivity contribution in [3.05, 3.63) is 59.9 Å². The van der Waals surface area contributed by atoms with Crippen molar-refractivity contribution in [3.63, 3.8) is 0 Å². The molecule has 1 heterocycles. The first-order valence-corrected chi connectivity index (χ1v) is 5.02. The number of hydrogen-bond acceptors (Lipinski definition) is 4. The minimum Gasteiger partial charge on any atom is -0.478 e. The molecular weight excluding hydrogens is 230 g/mol. The van der Waals surface area contributed by atoms with Gasteiger partial charge in [-0.05, 0) is 36.4 Å². The van der Waals surface area contributed by atoms with Crippen molar-refractivity contribution in [2.75, 3.05) is 5.73 Å². The molecule has 0 bridgehead atoms. The Kier molecular flexibility index (Phi) is 4.88. The van der Waals surface area contributed by atoms with Crippen molar-refractivity contribution >= 4 is 11.7 Å². The van der Waals surface area contributed by atoms with Crippen LogP contribution in [-0.2, 0) is 0 Å². The highest BCUT2D eigenvalue weighted by molar-refractivity contribution is 5.87. The molecule has 1 aromatic carbocycles. The molecule has 5 heteroatoms. The number of aromatic carboxylic acids is 1. The number of benzene rings is 1. The summed E-state index contributed by atoms with van der Waals surface area (Å²) in [6.07, 6.45) is 3.19. The standard InChI is InChI=1S/C7H7NO2.C6H4N2/c8-6-3-1-5(2-4-6)7(9)10;7-5-6-1-3-8-4-2-6/h1-4H,8H2,(H,9,10);1-4H. The van der Waals surface area contributed by atoms with Gasteiger partial charge in [0.25, 0.3) is 0 Å². The molecular formula is C13H11N3O2. The fourth-order valence-electron chi connectivity index (χ4n) is 1.05. The van der Waals surface area contributed by atoms with Crippen molar-refractivity contribution in [2.45, 2.75) is 0 Å². The summed E-state index contributed by atoms with van der Waals surface area (Å²) in [5.74, 6) is -0.931. The van der Waals surface area contributed by atoms with Gasteiger partial charge in [-0.25, -0.2) is 4.79 Å². The van der Waals surface area contributed by atoms with Gasteiger partial charge in [-0.2, -0.15) is 5.26 Å². The molecule has 3 N–H and O–H groups in total. The highest BCUT2D eigenvalue weighted by Crippen LogP contribution is 2.04. The first kappa shape index (κ1) is 13.2. The van der Waals surface area contributed by atoms with Crippen molar-refractivity contribution in [1.29, 1.82) is 5.26 Å². The number of nitrogen functional groups attached to an aromatic ring is 1. The summed E-state index contributed by atoms with van der Waals surface area (Å²) in [4.78, 5) is 14.0. The fourth-order valence-corrected chi connectivity index (χ4v) is 1.05. The van der Waals surface area contributed by atoms with E-state index in [1.54, 1.807) is 36.7 Å². The normalized spacial score (nSPS) is 8.61. The molecule has 1 aromatic heterocycles. The third-order valence-electron chi connectivity index (χ3n) is 1.97. The second-order valence-corrected chi connectivity index (χ2v) is 3.27. The molecule has 0 unspecified atom stereocenters. The molecule has 0 atom stereocenters. The minimum atomic E-state index is -0.931. The molecule has 18 heavy (non-hydrogen) atoms. The summed E-state index contributed by atoms with van der Waals surface area (Å²) >= 11 is 0. The smallest absolute Gasteiger partial charge is 0.335 e. The van der Waals surface area contributed by atoms with Crippen molar-refractivity contribution < 1.29 is 9.90 Å². The van der Waals surface area contributed by atoms with Gasteiger partial charge in [-0.15, -0.1) is 0 Å². The zero-order valence-electron chi connectivity index (χ0n) is 9.45. The Labute approximate surface area is 104 Å². The number of anilines is 1. The van der Waals surface area contributed by atoms with Gasteiger partial charge in [0.1, 0.15) is 0 Å². The summed E-state index contributed by atoms with van der Waals surface area (Å²) in [5.41, 5.74) is 6.82. The van der Waals surface area contributed by atoms with Crippen LogP contribution in [0.5, 0.6) is 0 Å². The maximum absolute atomic E-state index is 10.3. The van der Waals surface area contributed by atoms with Crippen LogP contribution in [0, 0.1) is 11.3 Å². The van der Waals surface area contributed by atoms with E-state index in [-0.39, 0.29) is 5.56 Å². The Balaban J connectivity index is 0.000000184. The lowest BCUT2D eigenvalue weighted by Gasteiger charge is -1.93. The monoisotopic (exact) mass is 241 g/mol. The van der Waals surface area contributed by atoms with Crippen LogP contribution in [0.2, 0.25) is 0 Å². The lowest BCUT2D eigenvalue weighted by atomic mass is 10.2. The Morgan fingerprint density at radius 2 is 1.72 bits per heavy atom. The lowest BCUT2D eigenvalue weighted by Crippen LogP contribution is -1.95. The first-order valence-electron chi connectivity index (χ1n) is 5.02. The van der Waals surface area contributed by atoms with Crippen LogP contribution < -0.4 is 5.73 Å². The maximum Gasteiger partial charge on any atom is 0.335 e. The topological polar surface area (TPSA) is 100 Å². The Morgan fingerprint density at radius 3 is 2.11 bits per heavy atom. The van der Waals surface area contributed by atoms with E-state index in [9.17, 15) is 4.79 Å². The molecule has 0 spiro atoms. The zero-order valence-corrected chi connectivity index (χ0v) is 9.45. The average Bonchev–Trinajstić information content (AvgIpc) is 2.41. The van der Waals surface area contributed by atoms with Gasteiger partial charge in [-0.3, -0.25) is 4.98 Å². The van der Waals surface area contributed by atoms with Gasteiger partial charge >= 0.3 is 5.97 Å². The molecule has 2 rings (SSSR count). The number of rotatable bonds is 1. The van der Waals surface area contributed by atoms with Crippen molar-refractivity contribution in [2.24, 2.45) is 0 Å². The van der Waals surface area contributed by atoms with E-state index in [1.807, 2.05) is 6.07 Å². The number of nitrogens with two attached hydrogens (primary N) is 1. The van der Waals surface area contributed by atoms with E-state index >= 15 is 0 Å². The molecule has 0 radical (unpaired) electrons. The van der Waals surface area contributed by atoms with Crippen LogP contribution in [0.3, 0.4) is 0 Å². The van der Waals surface area contributed by atoms with E-state index in [4.69, 9.17) is 16.1 Å². The largest absolute Gasteiger partial charge is 0.478 e. The van der Waals surface area contributed by atoms with Crippen molar-refractivity contribution in [3.8, 4) is 6.07 Å². The molecule has 0 saturated carbocycles. The molecule has 90 valence electrons. The van der Waals surface area contributed by atoms with E-state index in [2.05, 4.69) is 4.98 Å². The van der Waals surface area contributed by atoms with E-state index in [0.29, 0.717) is 11.3 Å². The summed E-state index contributed by atoms with van der Waals surface area (Å²) < 4.78 is 0. The molecule has 2 aromatic rings.